The normalized spacial score (nSPS) is 33.9. The van der Waals surface area contributed by atoms with E-state index in [9.17, 15) is 9.59 Å². The van der Waals surface area contributed by atoms with E-state index >= 15 is 0 Å². The number of carbonyl (C=O) groups excluding carboxylic acids is 2. The van der Waals surface area contributed by atoms with Crippen LogP contribution in [0.1, 0.15) is 72.6 Å². The van der Waals surface area contributed by atoms with Gasteiger partial charge in [-0.2, -0.15) is 0 Å². The molecule has 0 aromatic carbocycles. The Bertz CT molecular complexity index is 562. The van der Waals surface area contributed by atoms with E-state index in [2.05, 4.69) is 20.8 Å². The molecule has 0 spiro atoms. The molecule has 0 radical (unpaired) electrons. The minimum atomic E-state index is -0.307. The first-order chi connectivity index (χ1) is 12.2. The third-order valence-corrected chi connectivity index (χ3v) is 7.29. The van der Waals surface area contributed by atoms with Gasteiger partial charge in [-0.15, -0.1) is 0 Å². The number of methoxy groups -OCH3 is 2. The first-order valence-corrected chi connectivity index (χ1v) is 9.98. The van der Waals surface area contributed by atoms with Crippen LogP contribution in [0, 0.1) is 28.6 Å². The van der Waals surface area contributed by atoms with Gasteiger partial charge in [0.1, 0.15) is 0 Å². The molecular formula is C22H36O4. The second-order valence-corrected chi connectivity index (χ2v) is 9.27. The molecule has 4 nitrogen and oxygen atoms in total. The summed E-state index contributed by atoms with van der Waals surface area (Å²) in [6, 6.07) is 0. The van der Waals surface area contributed by atoms with Gasteiger partial charge in [0, 0.05) is 6.08 Å². The maximum Gasteiger partial charge on any atom is 0.330 e. The van der Waals surface area contributed by atoms with Gasteiger partial charge in [0.25, 0.3) is 0 Å². The molecule has 0 saturated heterocycles. The van der Waals surface area contributed by atoms with Crippen LogP contribution in [0.3, 0.4) is 0 Å². The number of rotatable bonds is 5. The SMILES string of the molecule is COC(=O)/C=C(/C)CC[C@@H]1[C@H](C(=O)OC)CC[C@@H]2C(C)(C)CCC[C@@]12C. The van der Waals surface area contributed by atoms with Crippen LogP contribution in [0.4, 0.5) is 0 Å². The van der Waals surface area contributed by atoms with Crippen molar-refractivity contribution in [1.82, 2.24) is 0 Å². The molecule has 2 rings (SSSR count). The molecular weight excluding hydrogens is 328 g/mol. The summed E-state index contributed by atoms with van der Waals surface area (Å²) in [5, 5.41) is 0. The molecule has 2 saturated carbocycles. The van der Waals surface area contributed by atoms with Crippen LogP contribution in [0.5, 0.6) is 0 Å². The minimum absolute atomic E-state index is 0.0268. The molecule has 2 fully saturated rings. The number of hydrogen-bond donors (Lipinski definition) is 0. The van der Waals surface area contributed by atoms with Crippen LogP contribution in [0.2, 0.25) is 0 Å². The second kappa shape index (κ2) is 8.14. The average Bonchev–Trinajstić information content (AvgIpc) is 2.58. The lowest BCUT2D eigenvalue weighted by Crippen LogP contribution is -2.53. The average molecular weight is 365 g/mol. The Labute approximate surface area is 158 Å². The lowest BCUT2D eigenvalue weighted by Gasteiger charge is -2.59. The highest BCUT2D eigenvalue weighted by Gasteiger charge is 2.55. The summed E-state index contributed by atoms with van der Waals surface area (Å²) in [6.07, 6.45) is 9.00. The van der Waals surface area contributed by atoms with E-state index in [0.717, 1.165) is 31.3 Å². The molecule has 0 aromatic heterocycles. The van der Waals surface area contributed by atoms with Crippen molar-refractivity contribution in [3.63, 3.8) is 0 Å². The van der Waals surface area contributed by atoms with Gasteiger partial charge in [0.15, 0.2) is 0 Å². The molecule has 2 aliphatic rings. The van der Waals surface area contributed by atoms with Gasteiger partial charge in [-0.25, -0.2) is 4.79 Å². The number of allylic oxidation sites excluding steroid dienone is 1. The van der Waals surface area contributed by atoms with Gasteiger partial charge in [-0.3, -0.25) is 4.79 Å². The Hall–Kier alpha value is -1.32. The molecule has 0 heterocycles. The first-order valence-electron chi connectivity index (χ1n) is 9.98. The third-order valence-electron chi connectivity index (χ3n) is 7.29. The van der Waals surface area contributed by atoms with Gasteiger partial charge < -0.3 is 9.47 Å². The van der Waals surface area contributed by atoms with Gasteiger partial charge in [-0.1, -0.05) is 32.8 Å². The third kappa shape index (κ3) is 4.15. The predicted octanol–water partition coefficient (Wildman–Crippen LogP) is 4.92. The maximum atomic E-state index is 12.5. The Morgan fingerprint density at radius 3 is 2.38 bits per heavy atom. The van der Waals surface area contributed by atoms with Crippen molar-refractivity contribution in [2.45, 2.75) is 72.6 Å². The van der Waals surface area contributed by atoms with Crippen LogP contribution >= 0.6 is 0 Å². The first kappa shape index (κ1) is 21.0. The molecule has 0 amide bonds. The smallest absolute Gasteiger partial charge is 0.330 e. The monoisotopic (exact) mass is 364 g/mol. The summed E-state index contributed by atoms with van der Waals surface area (Å²) >= 11 is 0. The van der Waals surface area contributed by atoms with Gasteiger partial charge >= 0.3 is 11.9 Å². The van der Waals surface area contributed by atoms with Crippen LogP contribution in [-0.4, -0.2) is 26.2 Å². The van der Waals surface area contributed by atoms with Gasteiger partial charge in [0.05, 0.1) is 20.1 Å². The predicted molar refractivity (Wildman–Crippen MR) is 102 cm³/mol. The maximum absolute atomic E-state index is 12.5. The zero-order chi connectivity index (χ0) is 19.5. The molecule has 4 heteroatoms. The fraction of sp³-hybridized carbons (Fsp3) is 0.818. The summed E-state index contributed by atoms with van der Waals surface area (Å²) in [6.45, 7) is 9.16. The zero-order valence-corrected chi connectivity index (χ0v) is 17.4. The van der Waals surface area contributed by atoms with Crippen LogP contribution in [-0.2, 0) is 19.1 Å². The largest absolute Gasteiger partial charge is 0.469 e. The number of fused-ring (bicyclic) bond motifs is 1. The van der Waals surface area contributed by atoms with E-state index in [1.165, 1.54) is 33.5 Å². The lowest BCUT2D eigenvalue weighted by molar-refractivity contribution is -0.161. The Kier molecular flexibility index (Phi) is 6.57. The van der Waals surface area contributed by atoms with Crippen molar-refractivity contribution in [2.24, 2.45) is 28.6 Å². The minimum Gasteiger partial charge on any atom is -0.469 e. The van der Waals surface area contributed by atoms with E-state index in [4.69, 9.17) is 9.47 Å². The Morgan fingerprint density at radius 1 is 1.08 bits per heavy atom. The molecule has 26 heavy (non-hydrogen) atoms. The summed E-state index contributed by atoms with van der Waals surface area (Å²) in [4.78, 5) is 24.0. The van der Waals surface area contributed by atoms with Crippen molar-refractivity contribution in [3.05, 3.63) is 11.6 Å². The molecule has 0 bridgehead atoms. The van der Waals surface area contributed by atoms with E-state index in [-0.39, 0.29) is 23.3 Å². The molecule has 2 aliphatic carbocycles. The summed E-state index contributed by atoms with van der Waals surface area (Å²) in [5.74, 6) is 0.543. The summed E-state index contributed by atoms with van der Waals surface area (Å²) in [7, 11) is 2.90. The van der Waals surface area contributed by atoms with Crippen LogP contribution in [0.25, 0.3) is 0 Å². The highest BCUT2D eigenvalue weighted by atomic mass is 16.5. The van der Waals surface area contributed by atoms with Crippen molar-refractivity contribution < 1.29 is 19.1 Å². The highest BCUT2D eigenvalue weighted by Crippen LogP contribution is 2.62. The van der Waals surface area contributed by atoms with E-state index in [0.29, 0.717) is 17.3 Å². The molecule has 0 unspecified atom stereocenters. The number of esters is 2. The fourth-order valence-corrected chi connectivity index (χ4v) is 6.02. The number of hydrogen-bond acceptors (Lipinski definition) is 4. The number of carbonyl (C=O) groups is 2. The molecule has 0 aliphatic heterocycles. The van der Waals surface area contributed by atoms with Crippen molar-refractivity contribution in [2.75, 3.05) is 14.2 Å². The highest BCUT2D eigenvalue weighted by molar-refractivity contribution is 5.82. The molecule has 0 aromatic rings. The van der Waals surface area contributed by atoms with E-state index in [1.54, 1.807) is 6.08 Å². The van der Waals surface area contributed by atoms with E-state index in [1.807, 2.05) is 6.92 Å². The van der Waals surface area contributed by atoms with E-state index < -0.39 is 0 Å². The fourth-order valence-electron chi connectivity index (χ4n) is 6.02. The topological polar surface area (TPSA) is 52.6 Å². The zero-order valence-electron chi connectivity index (χ0n) is 17.4. The van der Waals surface area contributed by atoms with Crippen molar-refractivity contribution in [1.29, 1.82) is 0 Å². The standard InChI is InChI=1S/C22H36O4/c1-15(14-19(23)25-5)8-10-17-16(20(24)26-6)9-11-18-21(2,3)12-7-13-22(17,18)4/h14,16-18H,7-13H2,1-6H3/b15-14-/t16-,17-,18-,22+/m1/s1. The Morgan fingerprint density at radius 2 is 1.77 bits per heavy atom. The van der Waals surface area contributed by atoms with Gasteiger partial charge in [0.2, 0.25) is 0 Å². The van der Waals surface area contributed by atoms with Gasteiger partial charge in [-0.05, 0) is 68.1 Å². The van der Waals surface area contributed by atoms with Crippen LogP contribution in [0.15, 0.2) is 11.6 Å². The summed E-state index contributed by atoms with van der Waals surface area (Å²) < 4.78 is 9.89. The molecule has 148 valence electrons. The quantitative estimate of drug-likeness (QED) is 0.513. The number of ether oxygens (including phenoxy) is 2. The summed E-state index contributed by atoms with van der Waals surface area (Å²) in [5.41, 5.74) is 1.49. The Balaban J connectivity index is 2.26. The second-order valence-electron chi connectivity index (χ2n) is 9.27. The molecule has 4 atom stereocenters. The van der Waals surface area contributed by atoms with Crippen molar-refractivity contribution in [3.8, 4) is 0 Å². The lowest BCUT2D eigenvalue weighted by atomic mass is 9.46. The van der Waals surface area contributed by atoms with Crippen molar-refractivity contribution >= 4 is 11.9 Å². The van der Waals surface area contributed by atoms with Crippen LogP contribution < -0.4 is 0 Å². The molecule has 0 N–H and O–H groups in total.